The van der Waals surface area contributed by atoms with Crippen LogP contribution in [0.3, 0.4) is 0 Å². The molecular formula is C20H13Cl2NO4. The van der Waals surface area contributed by atoms with Gasteiger partial charge in [-0.05, 0) is 48.5 Å². The molecule has 0 unspecified atom stereocenters. The summed E-state index contributed by atoms with van der Waals surface area (Å²) in [5, 5.41) is 12.2. The molecule has 1 amide bonds. The van der Waals surface area contributed by atoms with Crippen LogP contribution in [0.15, 0.2) is 65.1 Å². The van der Waals surface area contributed by atoms with Gasteiger partial charge in [0, 0.05) is 17.3 Å². The third-order valence-electron chi connectivity index (χ3n) is 3.63. The number of furan rings is 1. The molecule has 136 valence electrons. The number of carboxylic acids is 1. The van der Waals surface area contributed by atoms with Gasteiger partial charge in [-0.2, -0.15) is 0 Å². The van der Waals surface area contributed by atoms with E-state index >= 15 is 0 Å². The Kier molecular flexibility index (Phi) is 5.64. The lowest BCUT2D eigenvalue weighted by Crippen LogP contribution is -2.08. The number of aromatic carboxylic acids is 1. The van der Waals surface area contributed by atoms with Crippen LogP contribution in [0.25, 0.3) is 17.4 Å². The molecule has 5 nitrogen and oxygen atoms in total. The maximum Gasteiger partial charge on any atom is 0.337 e. The molecule has 0 aliphatic rings. The Morgan fingerprint density at radius 1 is 1.00 bits per heavy atom. The van der Waals surface area contributed by atoms with E-state index in [0.717, 1.165) is 5.56 Å². The highest BCUT2D eigenvalue weighted by Gasteiger charge is 2.10. The van der Waals surface area contributed by atoms with E-state index in [9.17, 15) is 9.59 Å². The van der Waals surface area contributed by atoms with Crippen molar-refractivity contribution < 1.29 is 19.1 Å². The van der Waals surface area contributed by atoms with Gasteiger partial charge >= 0.3 is 5.97 Å². The summed E-state index contributed by atoms with van der Waals surface area (Å²) >= 11 is 12.0. The standard InChI is InChI=1S/C20H13Cl2NO4/c21-16-4-2-1-3-14(16)18-9-6-13(27-18)7-10-19(24)23-12-5-8-15(20(25)26)17(22)11-12/h1-11H,(H,23,24)(H,25,26)/b10-7+. The first-order chi connectivity index (χ1) is 12.9. The van der Waals surface area contributed by atoms with Crippen molar-refractivity contribution in [3.05, 3.63) is 82.0 Å². The Bertz CT molecular complexity index is 1040. The minimum absolute atomic E-state index is 0.0344. The normalized spacial score (nSPS) is 10.9. The highest BCUT2D eigenvalue weighted by Crippen LogP contribution is 2.29. The molecule has 0 spiro atoms. The Morgan fingerprint density at radius 2 is 1.78 bits per heavy atom. The Morgan fingerprint density at radius 3 is 2.48 bits per heavy atom. The number of benzene rings is 2. The number of anilines is 1. The second-order valence-electron chi connectivity index (χ2n) is 5.50. The van der Waals surface area contributed by atoms with Gasteiger partial charge in [-0.3, -0.25) is 4.79 Å². The molecule has 2 aromatic carbocycles. The van der Waals surface area contributed by atoms with Gasteiger partial charge in [0.15, 0.2) is 0 Å². The molecule has 0 saturated carbocycles. The van der Waals surface area contributed by atoms with E-state index < -0.39 is 11.9 Å². The average molecular weight is 402 g/mol. The molecule has 3 aromatic rings. The molecular weight excluding hydrogens is 389 g/mol. The van der Waals surface area contributed by atoms with E-state index in [1.54, 1.807) is 18.2 Å². The second kappa shape index (κ2) is 8.12. The van der Waals surface area contributed by atoms with E-state index in [-0.39, 0.29) is 10.6 Å². The highest BCUT2D eigenvalue weighted by atomic mass is 35.5. The average Bonchev–Trinajstić information content (AvgIpc) is 3.09. The number of carboxylic acid groups (broad SMARTS) is 1. The summed E-state index contributed by atoms with van der Waals surface area (Å²) in [5.74, 6) is -0.467. The Hall–Kier alpha value is -3.02. The lowest BCUT2D eigenvalue weighted by atomic mass is 10.2. The molecule has 0 aliphatic carbocycles. The lowest BCUT2D eigenvalue weighted by Gasteiger charge is -2.04. The zero-order valence-corrected chi connectivity index (χ0v) is 15.3. The molecule has 0 saturated heterocycles. The quantitative estimate of drug-likeness (QED) is 0.544. The van der Waals surface area contributed by atoms with Gasteiger partial charge < -0.3 is 14.8 Å². The Labute approximate surface area is 164 Å². The fourth-order valence-corrected chi connectivity index (χ4v) is 2.85. The van der Waals surface area contributed by atoms with E-state index in [0.29, 0.717) is 22.2 Å². The fourth-order valence-electron chi connectivity index (χ4n) is 2.36. The van der Waals surface area contributed by atoms with Gasteiger partial charge in [0.05, 0.1) is 15.6 Å². The monoisotopic (exact) mass is 401 g/mol. The van der Waals surface area contributed by atoms with E-state index in [1.807, 2.05) is 18.2 Å². The fraction of sp³-hybridized carbons (Fsp3) is 0. The second-order valence-corrected chi connectivity index (χ2v) is 6.32. The first-order valence-corrected chi connectivity index (χ1v) is 8.56. The number of carbonyl (C=O) groups excluding carboxylic acids is 1. The van der Waals surface area contributed by atoms with Gasteiger partial charge in [0.2, 0.25) is 5.91 Å². The highest BCUT2D eigenvalue weighted by molar-refractivity contribution is 6.34. The molecule has 3 rings (SSSR count). The number of rotatable bonds is 5. The van der Waals surface area contributed by atoms with Gasteiger partial charge in [0.1, 0.15) is 11.5 Å². The van der Waals surface area contributed by atoms with Crippen LogP contribution in [0.4, 0.5) is 5.69 Å². The molecule has 0 fully saturated rings. The Balaban J connectivity index is 1.68. The van der Waals surface area contributed by atoms with Crippen molar-refractivity contribution in [2.24, 2.45) is 0 Å². The predicted molar refractivity (Wildman–Crippen MR) is 105 cm³/mol. The smallest absolute Gasteiger partial charge is 0.337 e. The SMILES string of the molecule is O=C(/C=C/c1ccc(-c2ccccc2Cl)o1)Nc1ccc(C(=O)O)c(Cl)c1. The van der Waals surface area contributed by atoms with Crippen molar-refractivity contribution in [1.82, 2.24) is 0 Å². The van der Waals surface area contributed by atoms with Crippen molar-refractivity contribution in [2.75, 3.05) is 5.32 Å². The van der Waals surface area contributed by atoms with Crippen molar-refractivity contribution in [2.45, 2.75) is 0 Å². The zero-order valence-electron chi connectivity index (χ0n) is 13.8. The third-order valence-corrected chi connectivity index (χ3v) is 4.27. The molecule has 1 aromatic heterocycles. The summed E-state index contributed by atoms with van der Waals surface area (Å²) in [6, 6.07) is 14.9. The summed E-state index contributed by atoms with van der Waals surface area (Å²) in [7, 11) is 0. The molecule has 7 heteroatoms. The van der Waals surface area contributed by atoms with Crippen LogP contribution in [0.5, 0.6) is 0 Å². The molecule has 0 aliphatic heterocycles. The van der Waals surface area contributed by atoms with Crippen LogP contribution in [-0.2, 0) is 4.79 Å². The minimum Gasteiger partial charge on any atom is -0.478 e. The van der Waals surface area contributed by atoms with Crippen LogP contribution in [0, 0.1) is 0 Å². The molecule has 27 heavy (non-hydrogen) atoms. The largest absolute Gasteiger partial charge is 0.478 e. The summed E-state index contributed by atoms with van der Waals surface area (Å²) in [5.41, 5.74) is 1.11. The van der Waals surface area contributed by atoms with E-state index in [1.165, 1.54) is 30.4 Å². The van der Waals surface area contributed by atoms with Gasteiger partial charge in [-0.1, -0.05) is 35.3 Å². The maximum absolute atomic E-state index is 12.0. The number of hydrogen-bond acceptors (Lipinski definition) is 3. The van der Waals surface area contributed by atoms with Crippen LogP contribution < -0.4 is 5.32 Å². The number of carbonyl (C=O) groups is 2. The van der Waals surface area contributed by atoms with Gasteiger partial charge in [0.25, 0.3) is 0 Å². The zero-order chi connectivity index (χ0) is 19.4. The van der Waals surface area contributed by atoms with Gasteiger partial charge in [-0.25, -0.2) is 4.79 Å². The third kappa shape index (κ3) is 4.58. The molecule has 0 radical (unpaired) electrons. The molecule has 0 atom stereocenters. The first-order valence-electron chi connectivity index (χ1n) is 7.80. The number of hydrogen-bond donors (Lipinski definition) is 2. The molecule has 2 N–H and O–H groups in total. The maximum atomic E-state index is 12.0. The van der Waals surface area contributed by atoms with Gasteiger partial charge in [-0.15, -0.1) is 0 Å². The molecule has 1 heterocycles. The number of amides is 1. The summed E-state index contributed by atoms with van der Waals surface area (Å²) in [6.45, 7) is 0. The van der Waals surface area contributed by atoms with Crippen LogP contribution in [0.1, 0.15) is 16.1 Å². The number of nitrogens with one attached hydrogen (secondary N) is 1. The lowest BCUT2D eigenvalue weighted by molar-refractivity contribution is -0.111. The number of halogens is 2. The summed E-state index contributed by atoms with van der Waals surface area (Å²) in [4.78, 5) is 23.0. The van der Waals surface area contributed by atoms with E-state index in [4.69, 9.17) is 32.7 Å². The first kappa shape index (κ1) is 18.8. The van der Waals surface area contributed by atoms with Crippen LogP contribution in [-0.4, -0.2) is 17.0 Å². The minimum atomic E-state index is -1.13. The van der Waals surface area contributed by atoms with E-state index in [2.05, 4.69) is 5.32 Å². The molecule has 0 bridgehead atoms. The van der Waals surface area contributed by atoms with Crippen LogP contribution in [0.2, 0.25) is 10.0 Å². The summed E-state index contributed by atoms with van der Waals surface area (Å²) < 4.78 is 5.67. The topological polar surface area (TPSA) is 79.5 Å². The van der Waals surface area contributed by atoms with Crippen LogP contribution >= 0.6 is 23.2 Å². The van der Waals surface area contributed by atoms with Crippen molar-refractivity contribution in [1.29, 1.82) is 0 Å². The van der Waals surface area contributed by atoms with Crippen molar-refractivity contribution >= 4 is 46.8 Å². The van der Waals surface area contributed by atoms with Crippen molar-refractivity contribution in [3.8, 4) is 11.3 Å². The van der Waals surface area contributed by atoms with Crippen molar-refractivity contribution in [3.63, 3.8) is 0 Å². The predicted octanol–water partition coefficient (Wildman–Crippen LogP) is 5.60. The summed E-state index contributed by atoms with van der Waals surface area (Å²) in [6.07, 6.45) is 2.82.